The first-order valence-corrected chi connectivity index (χ1v) is 7.22. The van der Waals surface area contributed by atoms with Gasteiger partial charge in [-0.25, -0.2) is 0 Å². The molecule has 0 unspecified atom stereocenters. The minimum atomic E-state index is 0.529. The number of hydrogen-bond donors (Lipinski definition) is 0. The van der Waals surface area contributed by atoms with Crippen LogP contribution in [0.5, 0.6) is 5.75 Å². The Labute approximate surface area is 127 Å². The van der Waals surface area contributed by atoms with Gasteiger partial charge in [0.1, 0.15) is 24.7 Å². The lowest BCUT2D eigenvalue weighted by molar-refractivity contribution is 0.162. The second-order valence-electron chi connectivity index (χ2n) is 5.11. The summed E-state index contributed by atoms with van der Waals surface area (Å²) in [6.07, 6.45) is 9.14. The first-order valence-electron chi connectivity index (χ1n) is 7.22. The normalized spacial score (nSPS) is 14.5. The fourth-order valence-corrected chi connectivity index (χ4v) is 2.16. The van der Waals surface area contributed by atoms with Crippen LogP contribution in [0, 0.1) is 0 Å². The monoisotopic (exact) mass is 282 g/mol. The second-order valence-corrected chi connectivity index (χ2v) is 5.11. The molecule has 1 aliphatic carbocycles. The molecule has 0 heterocycles. The van der Waals surface area contributed by atoms with Crippen LogP contribution in [0.15, 0.2) is 66.0 Å². The van der Waals surface area contributed by atoms with E-state index in [0.29, 0.717) is 13.2 Å². The summed E-state index contributed by atoms with van der Waals surface area (Å²) in [7, 11) is 0. The van der Waals surface area contributed by atoms with Crippen LogP contribution in [0.25, 0.3) is 6.08 Å². The van der Waals surface area contributed by atoms with Gasteiger partial charge in [0.2, 0.25) is 0 Å². The van der Waals surface area contributed by atoms with Crippen LogP contribution in [0.4, 0.5) is 0 Å². The molecule has 2 heteroatoms. The molecule has 1 aliphatic rings. The van der Waals surface area contributed by atoms with E-state index in [1.807, 2.05) is 36.4 Å². The fraction of sp³-hybridized carbons (Fsp3) is 0.263. The molecule has 0 radical (unpaired) electrons. The summed E-state index contributed by atoms with van der Waals surface area (Å²) >= 11 is 0. The molecule has 0 saturated heterocycles. The van der Waals surface area contributed by atoms with Crippen molar-refractivity contribution in [3.05, 3.63) is 71.5 Å². The lowest BCUT2D eigenvalue weighted by Gasteiger charge is -2.10. The van der Waals surface area contributed by atoms with Gasteiger partial charge < -0.3 is 9.47 Å². The predicted octanol–water partition coefficient (Wildman–Crippen LogP) is 4.91. The molecule has 0 N–H and O–H groups in total. The second kappa shape index (κ2) is 7.53. The maximum atomic E-state index is 5.80. The summed E-state index contributed by atoms with van der Waals surface area (Å²) in [5.74, 6) is 1.78. The first-order chi connectivity index (χ1) is 10.2. The number of rotatable bonds is 6. The van der Waals surface area contributed by atoms with Crippen LogP contribution in [-0.4, -0.2) is 13.2 Å². The number of ether oxygens (including phenoxy) is 2. The van der Waals surface area contributed by atoms with E-state index in [9.17, 15) is 0 Å². The van der Waals surface area contributed by atoms with Crippen molar-refractivity contribution in [1.29, 1.82) is 0 Å². The van der Waals surface area contributed by atoms with Crippen LogP contribution in [0.1, 0.15) is 25.8 Å². The fourth-order valence-electron chi connectivity index (χ4n) is 2.16. The zero-order valence-electron chi connectivity index (χ0n) is 12.8. The molecule has 2 nitrogen and oxygen atoms in total. The van der Waals surface area contributed by atoms with Gasteiger partial charge in [-0.1, -0.05) is 42.5 Å². The Morgan fingerprint density at radius 2 is 1.81 bits per heavy atom. The van der Waals surface area contributed by atoms with Crippen LogP contribution in [0.3, 0.4) is 0 Å². The van der Waals surface area contributed by atoms with E-state index in [1.54, 1.807) is 0 Å². The number of benzene rings is 1. The van der Waals surface area contributed by atoms with Gasteiger partial charge in [-0.05, 0) is 49.6 Å². The van der Waals surface area contributed by atoms with Crippen molar-refractivity contribution < 1.29 is 9.47 Å². The third-order valence-corrected chi connectivity index (χ3v) is 3.29. The van der Waals surface area contributed by atoms with E-state index in [-0.39, 0.29) is 0 Å². The smallest absolute Gasteiger partial charge is 0.122 e. The molecule has 0 fully saturated rings. The summed E-state index contributed by atoms with van der Waals surface area (Å²) in [5, 5.41) is 0. The molecular formula is C19H22O2. The molecule has 0 aromatic heterocycles. The van der Waals surface area contributed by atoms with Crippen molar-refractivity contribution in [3.63, 3.8) is 0 Å². The Morgan fingerprint density at radius 3 is 2.52 bits per heavy atom. The third kappa shape index (κ3) is 4.67. The largest absolute Gasteiger partial charge is 0.490 e. The first kappa shape index (κ1) is 15.2. The van der Waals surface area contributed by atoms with E-state index < -0.39 is 0 Å². The summed E-state index contributed by atoms with van der Waals surface area (Å²) in [6, 6.07) is 7.85. The molecule has 1 aromatic carbocycles. The minimum Gasteiger partial charge on any atom is -0.490 e. The standard InChI is InChI=1S/C19H22O2/c1-4-17-8-10-18(11-9-17)20-12-13-21-19-7-5-6-15(2)14-16(19)3/h4-5,7-11,14H,1,6,12-13H2,2-3H3. The highest BCUT2D eigenvalue weighted by molar-refractivity contribution is 5.48. The van der Waals surface area contributed by atoms with Gasteiger partial charge in [-0.2, -0.15) is 0 Å². The molecule has 0 amide bonds. The summed E-state index contributed by atoms with van der Waals surface area (Å²) in [6.45, 7) is 9.00. The van der Waals surface area contributed by atoms with Gasteiger partial charge in [0.05, 0.1) is 0 Å². The van der Waals surface area contributed by atoms with Crippen LogP contribution < -0.4 is 4.74 Å². The van der Waals surface area contributed by atoms with Crippen molar-refractivity contribution in [3.8, 4) is 5.75 Å². The van der Waals surface area contributed by atoms with Gasteiger partial charge in [-0.15, -0.1) is 0 Å². The molecule has 0 spiro atoms. The van der Waals surface area contributed by atoms with Gasteiger partial charge in [0.15, 0.2) is 0 Å². The maximum absolute atomic E-state index is 5.80. The zero-order chi connectivity index (χ0) is 15.1. The lowest BCUT2D eigenvalue weighted by atomic mass is 10.2. The van der Waals surface area contributed by atoms with E-state index in [4.69, 9.17) is 9.47 Å². The molecule has 21 heavy (non-hydrogen) atoms. The molecule has 1 aromatic rings. The zero-order valence-corrected chi connectivity index (χ0v) is 12.8. The average molecular weight is 282 g/mol. The Hall–Kier alpha value is -2.22. The molecule has 0 atom stereocenters. The molecule has 2 rings (SSSR count). The van der Waals surface area contributed by atoms with E-state index in [1.165, 1.54) is 5.57 Å². The van der Waals surface area contributed by atoms with Crippen molar-refractivity contribution in [2.75, 3.05) is 13.2 Å². The predicted molar refractivity (Wildman–Crippen MR) is 88.2 cm³/mol. The molecule has 110 valence electrons. The molecule has 0 aliphatic heterocycles. The van der Waals surface area contributed by atoms with E-state index in [2.05, 4.69) is 32.6 Å². The Bertz CT molecular complexity index is 574. The Morgan fingerprint density at radius 1 is 1.10 bits per heavy atom. The highest BCUT2D eigenvalue weighted by Crippen LogP contribution is 2.18. The van der Waals surface area contributed by atoms with E-state index in [0.717, 1.165) is 29.1 Å². The molecule has 0 saturated carbocycles. The quantitative estimate of drug-likeness (QED) is 0.690. The SMILES string of the molecule is C=Cc1ccc(OCCOC2=C(C)C=C(C)CC=C2)cc1. The molecular weight excluding hydrogens is 260 g/mol. The Kier molecular flexibility index (Phi) is 5.44. The van der Waals surface area contributed by atoms with Gasteiger partial charge >= 0.3 is 0 Å². The van der Waals surface area contributed by atoms with Crippen LogP contribution >= 0.6 is 0 Å². The average Bonchev–Trinajstić information content (AvgIpc) is 2.65. The van der Waals surface area contributed by atoms with Gasteiger partial charge in [0.25, 0.3) is 0 Å². The lowest BCUT2D eigenvalue weighted by Crippen LogP contribution is -2.06. The third-order valence-electron chi connectivity index (χ3n) is 3.29. The Balaban J connectivity index is 1.81. The van der Waals surface area contributed by atoms with Crippen molar-refractivity contribution in [2.45, 2.75) is 20.3 Å². The number of allylic oxidation sites excluding steroid dienone is 5. The maximum Gasteiger partial charge on any atom is 0.122 e. The topological polar surface area (TPSA) is 18.5 Å². The highest BCUT2D eigenvalue weighted by atomic mass is 16.5. The van der Waals surface area contributed by atoms with Crippen LogP contribution in [0.2, 0.25) is 0 Å². The minimum absolute atomic E-state index is 0.529. The number of hydrogen-bond acceptors (Lipinski definition) is 2. The van der Waals surface area contributed by atoms with Crippen molar-refractivity contribution in [2.24, 2.45) is 0 Å². The molecule has 0 bridgehead atoms. The van der Waals surface area contributed by atoms with E-state index >= 15 is 0 Å². The highest BCUT2D eigenvalue weighted by Gasteiger charge is 2.03. The van der Waals surface area contributed by atoms with Gasteiger partial charge in [0, 0.05) is 0 Å². The van der Waals surface area contributed by atoms with Gasteiger partial charge in [-0.3, -0.25) is 0 Å². The van der Waals surface area contributed by atoms with Crippen molar-refractivity contribution >= 4 is 6.08 Å². The summed E-state index contributed by atoms with van der Waals surface area (Å²) in [4.78, 5) is 0. The van der Waals surface area contributed by atoms with Crippen molar-refractivity contribution in [1.82, 2.24) is 0 Å². The summed E-state index contributed by atoms with van der Waals surface area (Å²) < 4.78 is 11.5. The van der Waals surface area contributed by atoms with Crippen LogP contribution in [-0.2, 0) is 4.74 Å². The summed E-state index contributed by atoms with van der Waals surface area (Å²) in [5.41, 5.74) is 3.60.